The molecule has 2 aromatic carbocycles. The molecule has 41 heavy (non-hydrogen) atoms. The highest BCUT2D eigenvalue weighted by atomic mass is 32.2. The van der Waals surface area contributed by atoms with E-state index >= 15 is 0 Å². The number of benzene rings is 2. The third-order valence-electron chi connectivity index (χ3n) is 7.61. The molecular weight excluding hydrogens is 550 g/mol. The van der Waals surface area contributed by atoms with E-state index < -0.39 is 28.1 Å². The summed E-state index contributed by atoms with van der Waals surface area (Å²) in [5.74, 6) is -0.930. The molecule has 0 aromatic heterocycles. The fraction of sp³-hybridized carbons (Fsp3) is 0.500. The van der Waals surface area contributed by atoms with Gasteiger partial charge in [-0.15, -0.1) is 4.47 Å². The van der Waals surface area contributed by atoms with Gasteiger partial charge in [-0.3, -0.25) is 5.21 Å². The highest BCUT2D eigenvalue weighted by Gasteiger charge is 2.37. The van der Waals surface area contributed by atoms with Crippen molar-refractivity contribution in [3.8, 4) is 0 Å². The summed E-state index contributed by atoms with van der Waals surface area (Å²) >= 11 is 0. The van der Waals surface area contributed by atoms with Gasteiger partial charge in [-0.25, -0.2) is 18.0 Å². The number of aliphatic hydroxyl groups is 1. The number of carbonyl (C=O) groups excluding carboxylic acids is 1. The van der Waals surface area contributed by atoms with Crippen LogP contribution in [0.1, 0.15) is 42.9 Å². The molecule has 0 spiro atoms. The monoisotopic (exact) mass is 589 g/mol. The second kappa shape index (κ2) is 13.5. The van der Waals surface area contributed by atoms with Crippen LogP contribution in [0.3, 0.4) is 0 Å². The minimum Gasteiger partial charge on any atom is -0.480 e. The Morgan fingerprint density at radius 3 is 2.29 bits per heavy atom. The van der Waals surface area contributed by atoms with Crippen molar-refractivity contribution in [1.29, 1.82) is 0 Å². The van der Waals surface area contributed by atoms with Gasteiger partial charge < -0.3 is 30.6 Å². The maximum atomic E-state index is 12.8. The van der Waals surface area contributed by atoms with Crippen molar-refractivity contribution >= 4 is 33.4 Å². The fourth-order valence-corrected chi connectivity index (χ4v) is 5.76. The number of aliphatic hydroxyl groups excluding tert-OH is 1. The molecule has 2 atom stereocenters. The van der Waals surface area contributed by atoms with Crippen molar-refractivity contribution in [2.24, 2.45) is 0 Å². The lowest BCUT2D eigenvalue weighted by Crippen LogP contribution is -2.51. The Kier molecular flexibility index (Phi) is 10.1. The average molecular weight is 590 g/mol. The van der Waals surface area contributed by atoms with Gasteiger partial charge in [0, 0.05) is 37.9 Å². The zero-order valence-electron chi connectivity index (χ0n) is 23.1. The molecule has 0 bridgehead atoms. The Morgan fingerprint density at radius 2 is 1.68 bits per heavy atom. The first-order valence-corrected chi connectivity index (χ1v) is 15.7. The standard InChI is InChI=1S/C28H39N5O7S/c1-41(39,40)33(38)24-10-6-21(7-11-24)26(34)19-29-15-12-20-4-8-22(9-5-20)30-23-13-17-31(18-14-23)28(37)32-16-2-3-25(32)27(35)36/h4-11,23,25-26,29-30,34,38H,2-3,12-19H2,1H3,(H,35,36)/t25-,26+/m0/s1. The van der Waals surface area contributed by atoms with Crippen LogP contribution in [0.5, 0.6) is 0 Å². The number of carboxylic acids is 1. The lowest BCUT2D eigenvalue weighted by atomic mass is 10.0. The quantitative estimate of drug-likeness (QED) is 0.195. The van der Waals surface area contributed by atoms with Gasteiger partial charge in [0.05, 0.1) is 18.0 Å². The number of carboxylic acid groups (broad SMARTS) is 1. The fourth-order valence-electron chi connectivity index (χ4n) is 5.26. The van der Waals surface area contributed by atoms with Crippen LogP contribution >= 0.6 is 0 Å². The van der Waals surface area contributed by atoms with E-state index in [9.17, 15) is 33.4 Å². The molecule has 2 heterocycles. The summed E-state index contributed by atoms with van der Waals surface area (Å²) < 4.78 is 23.1. The first-order valence-electron chi connectivity index (χ1n) is 13.8. The second-order valence-electron chi connectivity index (χ2n) is 10.6. The van der Waals surface area contributed by atoms with Crippen LogP contribution in [0, 0.1) is 0 Å². The molecule has 0 aliphatic carbocycles. The zero-order valence-corrected chi connectivity index (χ0v) is 24.0. The van der Waals surface area contributed by atoms with Crippen LogP contribution < -0.4 is 15.1 Å². The number of urea groups is 1. The van der Waals surface area contributed by atoms with E-state index in [0.29, 0.717) is 44.7 Å². The minimum absolute atomic E-state index is 0.100. The molecule has 0 radical (unpaired) electrons. The number of hydrogen-bond donors (Lipinski definition) is 5. The van der Waals surface area contributed by atoms with E-state index in [0.717, 1.165) is 43.2 Å². The molecule has 2 aliphatic heterocycles. The number of sulfonamides is 1. The third kappa shape index (κ3) is 8.09. The topological polar surface area (TPSA) is 163 Å². The molecule has 0 saturated carbocycles. The van der Waals surface area contributed by atoms with Gasteiger partial charge in [0.15, 0.2) is 0 Å². The third-order valence-corrected chi connectivity index (χ3v) is 8.45. The molecule has 2 aromatic rings. The van der Waals surface area contributed by atoms with Gasteiger partial charge in [-0.2, -0.15) is 0 Å². The first-order chi connectivity index (χ1) is 19.5. The molecule has 5 N–H and O–H groups in total. The molecule has 0 unspecified atom stereocenters. The number of amides is 2. The lowest BCUT2D eigenvalue weighted by molar-refractivity contribution is -0.141. The normalized spacial score (nSPS) is 18.8. The maximum absolute atomic E-state index is 12.8. The Bertz CT molecular complexity index is 1280. The predicted molar refractivity (Wildman–Crippen MR) is 155 cm³/mol. The summed E-state index contributed by atoms with van der Waals surface area (Å²) in [4.78, 5) is 27.5. The largest absolute Gasteiger partial charge is 0.480 e. The average Bonchev–Trinajstić information content (AvgIpc) is 3.46. The van der Waals surface area contributed by atoms with E-state index in [-0.39, 0.29) is 22.2 Å². The smallest absolute Gasteiger partial charge is 0.326 e. The van der Waals surface area contributed by atoms with E-state index in [4.69, 9.17) is 0 Å². The number of carbonyl (C=O) groups is 2. The van der Waals surface area contributed by atoms with Gasteiger partial charge >= 0.3 is 12.0 Å². The molecule has 2 amide bonds. The molecular formula is C28H39N5O7S. The second-order valence-corrected chi connectivity index (χ2v) is 12.5. The Labute approximate surface area is 240 Å². The number of nitrogens with one attached hydrogen (secondary N) is 2. The van der Waals surface area contributed by atoms with E-state index in [1.54, 1.807) is 17.0 Å². The van der Waals surface area contributed by atoms with Gasteiger partial charge in [0.25, 0.3) is 10.0 Å². The molecule has 2 saturated heterocycles. The summed E-state index contributed by atoms with van der Waals surface area (Å²) in [6, 6.07) is 13.6. The Balaban J connectivity index is 1.15. The van der Waals surface area contributed by atoms with Crippen LogP contribution in [-0.4, -0.2) is 96.7 Å². The van der Waals surface area contributed by atoms with Crippen LogP contribution in [0.4, 0.5) is 16.2 Å². The Morgan fingerprint density at radius 1 is 1.02 bits per heavy atom. The van der Waals surface area contributed by atoms with Gasteiger partial charge in [-0.05, 0) is 74.0 Å². The number of aliphatic carboxylic acids is 1. The van der Waals surface area contributed by atoms with Gasteiger partial charge in [0.1, 0.15) is 6.04 Å². The van der Waals surface area contributed by atoms with Crippen molar-refractivity contribution in [3.05, 3.63) is 59.7 Å². The van der Waals surface area contributed by atoms with Crippen molar-refractivity contribution in [3.63, 3.8) is 0 Å². The highest BCUT2D eigenvalue weighted by molar-refractivity contribution is 7.91. The number of likely N-dealkylation sites (tertiary alicyclic amines) is 2. The molecule has 13 heteroatoms. The van der Waals surface area contributed by atoms with Crippen molar-refractivity contribution in [1.82, 2.24) is 15.1 Å². The summed E-state index contributed by atoms with van der Waals surface area (Å²) in [5, 5.41) is 36.2. The number of piperidine rings is 1. The number of nitrogens with zero attached hydrogens (tertiary/aromatic N) is 3. The van der Waals surface area contributed by atoms with Gasteiger partial charge in [-0.1, -0.05) is 24.3 Å². The van der Waals surface area contributed by atoms with E-state index in [1.165, 1.54) is 17.0 Å². The number of hydrogen-bond acceptors (Lipinski definition) is 8. The van der Waals surface area contributed by atoms with E-state index in [2.05, 4.69) is 22.8 Å². The summed E-state index contributed by atoms with van der Waals surface area (Å²) in [6.07, 6.45) is 3.72. The van der Waals surface area contributed by atoms with Crippen molar-refractivity contribution < 1.29 is 33.4 Å². The van der Waals surface area contributed by atoms with E-state index in [1.807, 2.05) is 12.1 Å². The number of rotatable bonds is 11. The van der Waals surface area contributed by atoms with Crippen LogP contribution in [0.15, 0.2) is 48.5 Å². The van der Waals surface area contributed by atoms with Crippen molar-refractivity contribution in [2.75, 3.05) is 48.8 Å². The minimum atomic E-state index is -3.77. The van der Waals surface area contributed by atoms with Gasteiger partial charge in [0.2, 0.25) is 0 Å². The first kappa shape index (κ1) is 30.6. The molecule has 2 aliphatic rings. The maximum Gasteiger partial charge on any atom is 0.326 e. The summed E-state index contributed by atoms with van der Waals surface area (Å²) in [7, 11) is -3.77. The van der Waals surface area contributed by atoms with Crippen LogP contribution in [-0.2, 0) is 21.2 Å². The summed E-state index contributed by atoms with van der Waals surface area (Å²) in [5.41, 5.74) is 2.86. The summed E-state index contributed by atoms with van der Waals surface area (Å²) in [6.45, 7) is 2.68. The molecule has 12 nitrogen and oxygen atoms in total. The lowest BCUT2D eigenvalue weighted by Gasteiger charge is -2.36. The molecule has 4 rings (SSSR count). The zero-order chi connectivity index (χ0) is 29.6. The van der Waals surface area contributed by atoms with Crippen LogP contribution in [0.25, 0.3) is 0 Å². The predicted octanol–water partition coefficient (Wildman–Crippen LogP) is 2.25. The number of anilines is 2. The van der Waals surface area contributed by atoms with Crippen molar-refractivity contribution in [2.45, 2.75) is 50.3 Å². The Hall–Kier alpha value is -3.39. The molecule has 2 fully saturated rings. The molecule has 224 valence electrons. The SMILES string of the molecule is CS(=O)(=O)N(O)c1ccc([C@H](O)CNCCc2ccc(NC3CCN(C(=O)N4CCC[C@H]4C(=O)O)CC3)cc2)cc1. The van der Waals surface area contributed by atoms with Crippen LogP contribution in [0.2, 0.25) is 0 Å². The highest BCUT2D eigenvalue weighted by Crippen LogP contribution is 2.23.